The zero-order valence-electron chi connectivity index (χ0n) is 6.63. The molecule has 6 nitrogen and oxygen atoms in total. The first-order valence-corrected chi connectivity index (χ1v) is 3.74. The second-order valence-electron chi connectivity index (χ2n) is 2.76. The lowest BCUT2D eigenvalue weighted by molar-refractivity contribution is 0.0685. The van der Waals surface area contributed by atoms with Gasteiger partial charge in [-0.1, -0.05) is 0 Å². The fourth-order valence-corrected chi connectivity index (χ4v) is 1.35. The quantitative estimate of drug-likeness (QED) is 0.537. The lowest BCUT2D eigenvalue weighted by Crippen LogP contribution is -2.30. The molecule has 1 aromatic heterocycles. The summed E-state index contributed by atoms with van der Waals surface area (Å²) in [5, 5.41) is 17.6. The van der Waals surface area contributed by atoms with Crippen molar-refractivity contribution in [3.8, 4) is 0 Å². The number of H-pyrrole nitrogens is 1. The topological polar surface area (TPSA) is 95.1 Å². The second-order valence-corrected chi connectivity index (χ2v) is 2.76. The highest BCUT2D eigenvalue weighted by molar-refractivity contribution is 6.07. The molecule has 0 radical (unpaired) electrons. The Morgan fingerprint density at radius 1 is 1.46 bits per heavy atom. The summed E-state index contributed by atoms with van der Waals surface area (Å²) in [6, 6.07) is 0. The van der Waals surface area contributed by atoms with Gasteiger partial charge in [-0.25, -0.2) is 4.79 Å². The van der Waals surface area contributed by atoms with E-state index in [0.717, 1.165) is 0 Å². The number of carbonyl (C=O) groups excluding carboxylic acids is 1. The molecule has 0 fully saturated rings. The van der Waals surface area contributed by atoms with Crippen molar-refractivity contribution in [1.29, 1.82) is 0 Å². The lowest BCUT2D eigenvalue weighted by atomic mass is 10.0. The van der Waals surface area contributed by atoms with Crippen molar-refractivity contribution >= 4 is 11.8 Å². The molecular formula is C7H7N3O3. The van der Waals surface area contributed by atoms with Crippen molar-refractivity contribution in [3.05, 3.63) is 17.0 Å². The Kier molecular flexibility index (Phi) is 1.63. The van der Waals surface area contributed by atoms with Crippen LogP contribution in [0.3, 0.4) is 0 Å². The molecule has 2 rings (SSSR count). The van der Waals surface area contributed by atoms with Gasteiger partial charge in [0.15, 0.2) is 11.5 Å². The van der Waals surface area contributed by atoms with Crippen LogP contribution >= 0.6 is 0 Å². The van der Waals surface area contributed by atoms with E-state index in [4.69, 9.17) is 5.11 Å². The molecule has 0 amide bonds. The predicted molar refractivity (Wildman–Crippen MR) is 41.6 cm³/mol. The van der Waals surface area contributed by atoms with Crippen LogP contribution in [0.15, 0.2) is 0 Å². The molecule has 1 aliphatic heterocycles. The zero-order chi connectivity index (χ0) is 9.42. The number of nitrogens with one attached hydrogen (secondary N) is 2. The average molecular weight is 181 g/mol. The van der Waals surface area contributed by atoms with Crippen molar-refractivity contribution in [3.63, 3.8) is 0 Å². The van der Waals surface area contributed by atoms with Gasteiger partial charge >= 0.3 is 5.97 Å². The Labute approximate surface area is 72.9 Å². The lowest BCUT2D eigenvalue weighted by Gasteiger charge is -2.10. The molecule has 0 bridgehead atoms. The Balaban J connectivity index is 2.56. The minimum Gasteiger partial charge on any atom is -0.476 e. The van der Waals surface area contributed by atoms with Gasteiger partial charge in [0, 0.05) is 6.54 Å². The van der Waals surface area contributed by atoms with Crippen LogP contribution in [-0.4, -0.2) is 33.6 Å². The van der Waals surface area contributed by atoms with Crippen molar-refractivity contribution in [1.82, 2.24) is 15.5 Å². The van der Waals surface area contributed by atoms with E-state index in [9.17, 15) is 9.59 Å². The largest absolute Gasteiger partial charge is 0.476 e. The number of nitrogens with zero attached hydrogens (tertiary/aromatic N) is 1. The predicted octanol–water partition coefficient (Wildman–Crippen LogP) is -0.606. The molecule has 13 heavy (non-hydrogen) atoms. The fraction of sp³-hybridized carbons (Fsp3) is 0.286. The molecule has 0 atom stereocenters. The summed E-state index contributed by atoms with van der Waals surface area (Å²) in [5.74, 6) is -1.40. The van der Waals surface area contributed by atoms with Crippen LogP contribution in [0.1, 0.15) is 26.5 Å². The zero-order valence-corrected chi connectivity index (χ0v) is 6.63. The number of rotatable bonds is 1. The molecule has 2 heterocycles. The number of fused-ring (bicyclic) bond motifs is 1. The molecule has 6 heteroatoms. The van der Waals surface area contributed by atoms with Gasteiger partial charge in [0.25, 0.3) is 0 Å². The highest BCUT2D eigenvalue weighted by atomic mass is 16.4. The highest BCUT2D eigenvalue weighted by Gasteiger charge is 2.26. The van der Waals surface area contributed by atoms with Crippen molar-refractivity contribution in [2.24, 2.45) is 0 Å². The number of carboxylic acids is 1. The van der Waals surface area contributed by atoms with Crippen molar-refractivity contribution in [2.45, 2.75) is 6.54 Å². The standard InChI is InChI=1S/C7H7N3O3/c11-4-2-8-1-3-5(4)6(7(12)13)10-9-3/h8H,1-2H2,(H,9,10)(H,12,13). The van der Waals surface area contributed by atoms with Crippen molar-refractivity contribution in [2.75, 3.05) is 6.54 Å². The number of aromatic amines is 1. The van der Waals surface area contributed by atoms with Gasteiger partial charge in [0.05, 0.1) is 17.8 Å². The summed E-state index contributed by atoms with van der Waals surface area (Å²) in [4.78, 5) is 21.9. The fourth-order valence-electron chi connectivity index (χ4n) is 1.35. The Hall–Kier alpha value is -1.69. The Bertz CT molecular complexity index is 382. The smallest absolute Gasteiger partial charge is 0.357 e. The monoisotopic (exact) mass is 181 g/mol. The van der Waals surface area contributed by atoms with Crippen LogP contribution < -0.4 is 5.32 Å². The average Bonchev–Trinajstić information content (AvgIpc) is 2.49. The number of Topliss-reactive ketones (excluding diaryl/α,β-unsaturated/α-hetero) is 1. The summed E-state index contributed by atoms with van der Waals surface area (Å²) in [5.41, 5.74) is 0.585. The van der Waals surface area contributed by atoms with Gasteiger partial charge in [0.1, 0.15) is 0 Å². The molecular weight excluding hydrogens is 174 g/mol. The maximum absolute atomic E-state index is 11.3. The number of hydrogen-bond donors (Lipinski definition) is 3. The first-order chi connectivity index (χ1) is 6.20. The van der Waals surface area contributed by atoms with Gasteiger partial charge in [-0.05, 0) is 0 Å². The SMILES string of the molecule is O=C(O)c1n[nH]c2c1C(=O)CNC2. The van der Waals surface area contributed by atoms with E-state index < -0.39 is 5.97 Å². The number of carbonyl (C=O) groups is 2. The number of aromatic carboxylic acids is 1. The third-order valence-corrected chi connectivity index (χ3v) is 1.91. The highest BCUT2D eigenvalue weighted by Crippen LogP contribution is 2.15. The van der Waals surface area contributed by atoms with Crippen molar-refractivity contribution < 1.29 is 14.7 Å². The molecule has 0 unspecified atom stereocenters. The van der Waals surface area contributed by atoms with E-state index in [1.54, 1.807) is 0 Å². The van der Waals surface area contributed by atoms with Crippen LogP contribution in [0.25, 0.3) is 0 Å². The Morgan fingerprint density at radius 2 is 2.23 bits per heavy atom. The molecule has 1 aliphatic rings. The van der Waals surface area contributed by atoms with E-state index in [1.165, 1.54) is 0 Å². The molecule has 1 aromatic rings. The maximum Gasteiger partial charge on any atom is 0.357 e. The van der Waals surface area contributed by atoms with E-state index in [0.29, 0.717) is 12.2 Å². The Morgan fingerprint density at radius 3 is 2.92 bits per heavy atom. The number of ketones is 1. The first-order valence-electron chi connectivity index (χ1n) is 3.74. The van der Waals surface area contributed by atoms with Gasteiger partial charge in [-0.15, -0.1) is 0 Å². The molecule has 0 saturated carbocycles. The van der Waals surface area contributed by atoms with Gasteiger partial charge in [-0.3, -0.25) is 9.89 Å². The first kappa shape index (κ1) is 7.93. The van der Waals surface area contributed by atoms with Crippen LogP contribution in [0.2, 0.25) is 0 Å². The van der Waals surface area contributed by atoms with E-state index in [2.05, 4.69) is 15.5 Å². The van der Waals surface area contributed by atoms with Gasteiger partial charge < -0.3 is 10.4 Å². The summed E-state index contributed by atoms with van der Waals surface area (Å²) in [6.45, 7) is 0.633. The third kappa shape index (κ3) is 1.11. The molecule has 0 spiro atoms. The van der Waals surface area contributed by atoms with Gasteiger partial charge in [-0.2, -0.15) is 5.10 Å². The molecule has 3 N–H and O–H groups in total. The van der Waals surface area contributed by atoms with Crippen LogP contribution in [0.4, 0.5) is 0 Å². The number of aromatic nitrogens is 2. The molecule has 0 saturated heterocycles. The minimum atomic E-state index is -1.17. The maximum atomic E-state index is 11.3. The molecule has 0 aromatic carbocycles. The van der Waals surface area contributed by atoms with E-state index in [-0.39, 0.29) is 23.6 Å². The summed E-state index contributed by atoms with van der Waals surface area (Å²) < 4.78 is 0. The summed E-state index contributed by atoms with van der Waals surface area (Å²) >= 11 is 0. The third-order valence-electron chi connectivity index (χ3n) is 1.91. The van der Waals surface area contributed by atoms with Crippen LogP contribution in [0.5, 0.6) is 0 Å². The molecule has 0 aliphatic carbocycles. The summed E-state index contributed by atoms with van der Waals surface area (Å²) in [7, 11) is 0. The van der Waals surface area contributed by atoms with E-state index >= 15 is 0 Å². The number of carboxylic acid groups (broad SMARTS) is 1. The van der Waals surface area contributed by atoms with E-state index in [1.807, 2.05) is 0 Å². The minimum absolute atomic E-state index is 0.173. The number of hydrogen-bond acceptors (Lipinski definition) is 4. The summed E-state index contributed by atoms with van der Waals surface area (Å²) in [6.07, 6.45) is 0. The second kappa shape index (κ2) is 2.67. The van der Waals surface area contributed by atoms with Crippen LogP contribution in [0, 0.1) is 0 Å². The van der Waals surface area contributed by atoms with Crippen LogP contribution in [-0.2, 0) is 6.54 Å². The normalized spacial score (nSPS) is 15.5. The van der Waals surface area contributed by atoms with Gasteiger partial charge in [0.2, 0.25) is 0 Å². The molecule has 68 valence electrons.